The molecule has 4 radical (unpaired) electrons. The Labute approximate surface area is 60.2 Å². The van der Waals surface area contributed by atoms with Gasteiger partial charge >= 0.3 is 0 Å². The number of hydrogen-bond acceptors (Lipinski definition) is 0. The lowest BCUT2D eigenvalue weighted by molar-refractivity contribution is 0.539. The van der Waals surface area contributed by atoms with Gasteiger partial charge in [-0.1, -0.05) is 25.7 Å². The maximum Gasteiger partial charge on any atom is 0.0579 e. The Morgan fingerprint density at radius 2 is 2.00 bits per heavy atom. The van der Waals surface area contributed by atoms with E-state index in [4.69, 9.17) is 15.7 Å². The molecular formula is C7H12B2. The van der Waals surface area contributed by atoms with Crippen LogP contribution in [0.2, 0.25) is 5.72 Å². The highest BCUT2D eigenvalue weighted by atomic mass is 14.3. The van der Waals surface area contributed by atoms with Gasteiger partial charge in [0.25, 0.3) is 0 Å². The van der Waals surface area contributed by atoms with Crippen molar-refractivity contribution in [3.63, 3.8) is 0 Å². The second-order valence-electron chi connectivity index (χ2n) is 3.26. The summed E-state index contributed by atoms with van der Waals surface area (Å²) in [6.45, 7) is 2.27. The lowest BCUT2D eigenvalue weighted by Gasteiger charge is -2.13. The van der Waals surface area contributed by atoms with Crippen LogP contribution in [0.5, 0.6) is 0 Å². The molecule has 9 heavy (non-hydrogen) atoms. The van der Waals surface area contributed by atoms with E-state index in [0.717, 1.165) is 5.92 Å². The molecule has 2 heteroatoms. The molecule has 0 saturated heterocycles. The summed E-state index contributed by atoms with van der Waals surface area (Å²) < 4.78 is 0. The van der Waals surface area contributed by atoms with Crippen molar-refractivity contribution in [2.45, 2.75) is 31.9 Å². The minimum Gasteiger partial charge on any atom is -0.107 e. The van der Waals surface area contributed by atoms with E-state index < -0.39 is 0 Å². The van der Waals surface area contributed by atoms with Crippen molar-refractivity contribution in [2.75, 3.05) is 0 Å². The van der Waals surface area contributed by atoms with Crippen LogP contribution >= 0.6 is 0 Å². The molecule has 1 fully saturated rings. The minimum atomic E-state index is -0.0741. The molecular weight excluding hydrogens is 106 g/mol. The van der Waals surface area contributed by atoms with Crippen LogP contribution < -0.4 is 0 Å². The summed E-state index contributed by atoms with van der Waals surface area (Å²) in [5.74, 6) is 1.45. The van der Waals surface area contributed by atoms with Gasteiger partial charge in [-0.05, 0) is 12.3 Å². The third-order valence-electron chi connectivity index (χ3n) is 2.28. The highest BCUT2D eigenvalue weighted by molar-refractivity contribution is 6.35. The quantitative estimate of drug-likeness (QED) is 0.457. The summed E-state index contributed by atoms with van der Waals surface area (Å²) in [5, 5.41) is 0. The van der Waals surface area contributed by atoms with Crippen LogP contribution in [0, 0.1) is 11.8 Å². The van der Waals surface area contributed by atoms with Crippen LogP contribution in [0.15, 0.2) is 0 Å². The first-order chi connectivity index (χ1) is 4.20. The standard InChI is InChI=1S/C7H12B2/c1-5-2-3-6(4-5)7(8)9/h5-7H,2-4H2,1H3. The summed E-state index contributed by atoms with van der Waals surface area (Å²) in [7, 11) is 11.1. The van der Waals surface area contributed by atoms with Crippen molar-refractivity contribution >= 4 is 15.7 Å². The number of rotatable bonds is 1. The molecule has 1 aliphatic carbocycles. The van der Waals surface area contributed by atoms with E-state index in [9.17, 15) is 0 Å². The Bertz CT molecular complexity index is 90.9. The first kappa shape index (κ1) is 7.24. The van der Waals surface area contributed by atoms with Crippen molar-refractivity contribution in [3.8, 4) is 0 Å². The second kappa shape index (κ2) is 2.81. The highest BCUT2D eigenvalue weighted by Crippen LogP contribution is 2.35. The van der Waals surface area contributed by atoms with Crippen molar-refractivity contribution in [1.29, 1.82) is 0 Å². The third-order valence-corrected chi connectivity index (χ3v) is 2.28. The molecule has 1 rings (SSSR count). The summed E-state index contributed by atoms with van der Waals surface area (Å²) in [6.07, 6.45) is 3.78. The molecule has 0 aromatic heterocycles. The lowest BCUT2D eigenvalue weighted by Crippen LogP contribution is -2.04. The van der Waals surface area contributed by atoms with E-state index in [1.165, 1.54) is 19.3 Å². The minimum absolute atomic E-state index is 0.0741. The third kappa shape index (κ3) is 1.77. The van der Waals surface area contributed by atoms with E-state index in [-0.39, 0.29) is 5.72 Å². The SMILES string of the molecule is [B]C([B])C1CCC(C)C1. The molecule has 0 nitrogen and oxygen atoms in total. The van der Waals surface area contributed by atoms with Gasteiger partial charge in [-0.25, -0.2) is 0 Å². The Balaban J connectivity index is 2.30. The maximum atomic E-state index is 5.54. The average Bonchev–Trinajstić information content (AvgIpc) is 2.14. The van der Waals surface area contributed by atoms with E-state index in [0.29, 0.717) is 5.92 Å². The zero-order chi connectivity index (χ0) is 6.85. The van der Waals surface area contributed by atoms with Crippen LogP contribution in [0.4, 0.5) is 0 Å². The van der Waals surface area contributed by atoms with Gasteiger partial charge < -0.3 is 0 Å². The molecule has 0 aromatic rings. The molecule has 1 saturated carbocycles. The fourth-order valence-electron chi connectivity index (χ4n) is 1.60. The summed E-state index contributed by atoms with van der Waals surface area (Å²) >= 11 is 0. The molecule has 0 aliphatic heterocycles. The zero-order valence-electron chi connectivity index (χ0n) is 6.01. The van der Waals surface area contributed by atoms with E-state index in [1.54, 1.807) is 0 Å². The van der Waals surface area contributed by atoms with E-state index in [1.807, 2.05) is 0 Å². The molecule has 1 aliphatic rings. The molecule has 2 atom stereocenters. The van der Waals surface area contributed by atoms with E-state index in [2.05, 4.69) is 6.92 Å². The topological polar surface area (TPSA) is 0 Å². The monoisotopic (exact) mass is 118 g/mol. The van der Waals surface area contributed by atoms with Crippen LogP contribution in [0.3, 0.4) is 0 Å². The molecule has 0 N–H and O–H groups in total. The van der Waals surface area contributed by atoms with Crippen LogP contribution in [-0.4, -0.2) is 15.7 Å². The Morgan fingerprint density at radius 1 is 1.33 bits per heavy atom. The van der Waals surface area contributed by atoms with Gasteiger partial charge in [0.2, 0.25) is 0 Å². The Hall–Kier alpha value is 0.130. The summed E-state index contributed by atoms with van der Waals surface area (Å²) in [6, 6.07) is 0. The summed E-state index contributed by atoms with van der Waals surface area (Å²) in [4.78, 5) is 0. The molecule has 0 bridgehead atoms. The first-order valence-corrected chi connectivity index (χ1v) is 3.71. The maximum absolute atomic E-state index is 5.54. The lowest BCUT2D eigenvalue weighted by atomic mass is 9.62. The molecule has 2 unspecified atom stereocenters. The molecule has 0 spiro atoms. The molecule has 0 amide bonds. The fraction of sp³-hybridized carbons (Fsp3) is 1.00. The Morgan fingerprint density at radius 3 is 2.22 bits per heavy atom. The van der Waals surface area contributed by atoms with Gasteiger partial charge in [-0.3, -0.25) is 0 Å². The molecule has 46 valence electrons. The van der Waals surface area contributed by atoms with Crippen molar-refractivity contribution < 1.29 is 0 Å². The largest absolute Gasteiger partial charge is 0.107 e. The normalized spacial score (nSPS) is 35.8. The van der Waals surface area contributed by atoms with Crippen LogP contribution in [0.25, 0.3) is 0 Å². The predicted octanol–water partition coefficient (Wildman–Crippen LogP) is 1.51. The van der Waals surface area contributed by atoms with Crippen molar-refractivity contribution in [2.24, 2.45) is 11.8 Å². The first-order valence-electron chi connectivity index (χ1n) is 3.71. The molecule has 0 aromatic carbocycles. The zero-order valence-corrected chi connectivity index (χ0v) is 6.01. The predicted molar refractivity (Wildman–Crippen MR) is 41.8 cm³/mol. The van der Waals surface area contributed by atoms with Gasteiger partial charge in [0.05, 0.1) is 15.7 Å². The second-order valence-corrected chi connectivity index (χ2v) is 3.26. The summed E-state index contributed by atoms with van der Waals surface area (Å²) in [5.41, 5.74) is -0.0741. The average molecular weight is 118 g/mol. The molecule has 0 heterocycles. The van der Waals surface area contributed by atoms with Crippen LogP contribution in [0.1, 0.15) is 26.2 Å². The number of hydrogen-bond donors (Lipinski definition) is 0. The van der Waals surface area contributed by atoms with Gasteiger partial charge in [0.15, 0.2) is 0 Å². The van der Waals surface area contributed by atoms with E-state index >= 15 is 0 Å². The van der Waals surface area contributed by atoms with Gasteiger partial charge in [-0.2, -0.15) is 0 Å². The van der Waals surface area contributed by atoms with Crippen molar-refractivity contribution in [1.82, 2.24) is 0 Å². The van der Waals surface area contributed by atoms with Gasteiger partial charge in [-0.15, -0.1) is 5.72 Å². The highest BCUT2D eigenvalue weighted by Gasteiger charge is 2.22. The fourth-order valence-corrected chi connectivity index (χ4v) is 1.60. The van der Waals surface area contributed by atoms with Gasteiger partial charge in [0.1, 0.15) is 0 Å². The van der Waals surface area contributed by atoms with Gasteiger partial charge in [0, 0.05) is 0 Å². The van der Waals surface area contributed by atoms with Crippen molar-refractivity contribution in [3.05, 3.63) is 0 Å². The Kier molecular flexibility index (Phi) is 2.26. The smallest absolute Gasteiger partial charge is 0.0579 e. The van der Waals surface area contributed by atoms with Crippen LogP contribution in [-0.2, 0) is 0 Å².